The van der Waals surface area contributed by atoms with Crippen molar-refractivity contribution in [2.45, 2.75) is 0 Å². The number of rotatable bonds is 1. The first-order valence-electron chi connectivity index (χ1n) is 5.44. The topological polar surface area (TPSA) is 49.8 Å². The fraction of sp³-hybridized carbons (Fsp3) is 0. The summed E-state index contributed by atoms with van der Waals surface area (Å²) in [5.41, 5.74) is 1.77. The molecule has 2 aromatic heterocycles. The predicted molar refractivity (Wildman–Crippen MR) is 74.2 cm³/mol. The van der Waals surface area contributed by atoms with Crippen LogP contribution < -0.4 is 0 Å². The number of halogens is 2. The average Bonchev–Trinajstić information content (AvgIpc) is 2.77. The second-order valence-corrected chi connectivity index (χ2v) is 4.74. The van der Waals surface area contributed by atoms with Gasteiger partial charge in [-0.3, -0.25) is 0 Å². The van der Waals surface area contributed by atoms with E-state index in [2.05, 4.69) is 4.98 Å². The summed E-state index contributed by atoms with van der Waals surface area (Å²) in [6.07, 6.45) is 1.61. The van der Waals surface area contributed by atoms with Crippen LogP contribution in [-0.2, 0) is 0 Å². The molecule has 3 rings (SSSR count). The zero-order valence-electron chi connectivity index (χ0n) is 9.52. The molecule has 0 spiro atoms. The van der Waals surface area contributed by atoms with Gasteiger partial charge in [0.05, 0.1) is 5.02 Å². The Labute approximate surface area is 119 Å². The number of fused-ring (bicyclic) bond motifs is 1. The second-order valence-electron chi connectivity index (χ2n) is 3.90. The molecule has 2 heterocycles. The first-order chi connectivity index (χ1) is 9.20. The Morgan fingerprint density at radius 1 is 1.21 bits per heavy atom. The highest BCUT2D eigenvalue weighted by atomic mass is 35.5. The van der Waals surface area contributed by atoms with Gasteiger partial charge in [-0.15, -0.1) is 0 Å². The Morgan fingerprint density at radius 3 is 2.79 bits per heavy atom. The molecule has 0 saturated carbocycles. The molecule has 19 heavy (non-hydrogen) atoms. The number of benzene rings is 1. The van der Waals surface area contributed by atoms with Crippen molar-refractivity contribution in [3.8, 4) is 17.2 Å². The van der Waals surface area contributed by atoms with Gasteiger partial charge in [0.2, 0.25) is 11.5 Å². The van der Waals surface area contributed by atoms with Gasteiger partial charge in [-0.1, -0.05) is 29.3 Å². The van der Waals surface area contributed by atoms with Crippen LogP contribution in [0.2, 0.25) is 10.0 Å². The number of aromatic nitrogens is 1. The van der Waals surface area contributed by atoms with E-state index in [1.54, 1.807) is 30.5 Å². The summed E-state index contributed by atoms with van der Waals surface area (Å²) >= 11 is 12.1. The molecular formula is C14H6Cl2N2O. The molecule has 0 aliphatic carbocycles. The lowest BCUT2D eigenvalue weighted by atomic mass is 10.0. The van der Waals surface area contributed by atoms with Gasteiger partial charge >= 0.3 is 0 Å². The van der Waals surface area contributed by atoms with E-state index in [9.17, 15) is 5.26 Å². The van der Waals surface area contributed by atoms with Crippen molar-refractivity contribution < 1.29 is 4.42 Å². The molecule has 5 heteroatoms. The van der Waals surface area contributed by atoms with Gasteiger partial charge in [-0.25, -0.2) is 4.98 Å². The summed E-state index contributed by atoms with van der Waals surface area (Å²) in [5.74, 6) is 0.193. The Morgan fingerprint density at radius 2 is 2.05 bits per heavy atom. The summed E-state index contributed by atoms with van der Waals surface area (Å²) in [6.45, 7) is 0. The summed E-state index contributed by atoms with van der Waals surface area (Å²) < 4.78 is 5.42. The van der Waals surface area contributed by atoms with E-state index in [-0.39, 0.29) is 5.76 Å². The minimum Gasteiger partial charge on any atom is -0.427 e. The molecule has 1 aromatic carbocycles. The van der Waals surface area contributed by atoms with Gasteiger partial charge in [0.15, 0.2) is 0 Å². The van der Waals surface area contributed by atoms with E-state index >= 15 is 0 Å². The van der Waals surface area contributed by atoms with Crippen LogP contribution in [0.5, 0.6) is 0 Å². The summed E-state index contributed by atoms with van der Waals surface area (Å²) in [4.78, 5) is 4.10. The van der Waals surface area contributed by atoms with Gasteiger partial charge in [0.25, 0.3) is 0 Å². The fourth-order valence-corrected chi connectivity index (χ4v) is 2.47. The normalized spacial score (nSPS) is 10.6. The highest BCUT2D eigenvalue weighted by Crippen LogP contribution is 2.38. The SMILES string of the molecule is N#Cc1oc2ncccc2c1-c1ccc(Cl)cc1Cl. The van der Waals surface area contributed by atoms with Crippen molar-refractivity contribution >= 4 is 34.3 Å². The van der Waals surface area contributed by atoms with E-state index in [4.69, 9.17) is 27.6 Å². The van der Waals surface area contributed by atoms with Crippen LogP contribution in [0, 0.1) is 11.3 Å². The Kier molecular flexibility index (Phi) is 2.90. The molecule has 0 radical (unpaired) electrons. The number of nitriles is 1. The fourth-order valence-electron chi connectivity index (χ4n) is 1.97. The number of furan rings is 1. The molecule has 92 valence electrons. The van der Waals surface area contributed by atoms with Crippen molar-refractivity contribution in [1.82, 2.24) is 4.98 Å². The minimum absolute atomic E-state index is 0.193. The van der Waals surface area contributed by atoms with E-state index in [1.165, 1.54) is 0 Å². The third-order valence-electron chi connectivity index (χ3n) is 2.77. The van der Waals surface area contributed by atoms with E-state index in [0.29, 0.717) is 26.9 Å². The Balaban J connectivity index is 2.38. The maximum atomic E-state index is 9.19. The Hall–Kier alpha value is -2.02. The smallest absolute Gasteiger partial charge is 0.228 e. The van der Waals surface area contributed by atoms with Gasteiger partial charge < -0.3 is 4.42 Å². The largest absolute Gasteiger partial charge is 0.427 e. The van der Waals surface area contributed by atoms with Crippen molar-refractivity contribution in [3.63, 3.8) is 0 Å². The molecule has 0 saturated heterocycles. The molecule has 0 bridgehead atoms. The number of nitrogens with zero attached hydrogens (tertiary/aromatic N) is 2. The highest BCUT2D eigenvalue weighted by Gasteiger charge is 2.18. The third-order valence-corrected chi connectivity index (χ3v) is 3.32. The summed E-state index contributed by atoms with van der Waals surface area (Å²) in [6, 6.07) is 10.8. The van der Waals surface area contributed by atoms with Gasteiger partial charge in [0, 0.05) is 27.7 Å². The van der Waals surface area contributed by atoms with Crippen LogP contribution in [-0.4, -0.2) is 4.98 Å². The van der Waals surface area contributed by atoms with Crippen LogP contribution in [0.25, 0.3) is 22.2 Å². The van der Waals surface area contributed by atoms with Crippen LogP contribution in [0.15, 0.2) is 40.9 Å². The molecule has 0 aliphatic heterocycles. The van der Waals surface area contributed by atoms with Gasteiger partial charge in [-0.2, -0.15) is 5.26 Å². The molecule has 3 nitrogen and oxygen atoms in total. The van der Waals surface area contributed by atoms with Crippen LogP contribution in [0.4, 0.5) is 0 Å². The van der Waals surface area contributed by atoms with Crippen molar-refractivity contribution in [3.05, 3.63) is 52.3 Å². The molecule has 0 N–H and O–H groups in total. The highest BCUT2D eigenvalue weighted by molar-refractivity contribution is 6.36. The minimum atomic E-state index is 0.193. The van der Waals surface area contributed by atoms with Crippen molar-refractivity contribution in [2.75, 3.05) is 0 Å². The molecule has 0 atom stereocenters. The van der Waals surface area contributed by atoms with E-state index < -0.39 is 0 Å². The lowest BCUT2D eigenvalue weighted by Crippen LogP contribution is -1.82. The number of pyridine rings is 1. The number of hydrogen-bond donors (Lipinski definition) is 0. The average molecular weight is 289 g/mol. The summed E-state index contributed by atoms with van der Waals surface area (Å²) in [7, 11) is 0. The molecule has 0 aliphatic rings. The lowest BCUT2D eigenvalue weighted by Gasteiger charge is -2.03. The second kappa shape index (κ2) is 4.58. The monoisotopic (exact) mass is 288 g/mol. The van der Waals surface area contributed by atoms with Crippen LogP contribution >= 0.6 is 23.2 Å². The van der Waals surface area contributed by atoms with Gasteiger partial charge in [-0.05, 0) is 24.3 Å². The maximum absolute atomic E-state index is 9.19. The maximum Gasteiger partial charge on any atom is 0.228 e. The predicted octanol–water partition coefficient (Wildman–Crippen LogP) is 4.67. The quantitative estimate of drug-likeness (QED) is 0.654. The lowest BCUT2D eigenvalue weighted by molar-refractivity contribution is 0.589. The van der Waals surface area contributed by atoms with E-state index in [1.807, 2.05) is 12.1 Å². The van der Waals surface area contributed by atoms with Crippen molar-refractivity contribution in [2.24, 2.45) is 0 Å². The van der Waals surface area contributed by atoms with Gasteiger partial charge in [0.1, 0.15) is 6.07 Å². The summed E-state index contributed by atoms with van der Waals surface area (Å²) in [5, 5.41) is 10.9. The molecule has 0 unspecified atom stereocenters. The zero-order chi connectivity index (χ0) is 13.4. The first kappa shape index (κ1) is 12.0. The molecule has 3 aromatic rings. The van der Waals surface area contributed by atoms with E-state index in [0.717, 1.165) is 5.39 Å². The Bertz CT molecular complexity index is 818. The van der Waals surface area contributed by atoms with Crippen molar-refractivity contribution in [1.29, 1.82) is 5.26 Å². The first-order valence-corrected chi connectivity index (χ1v) is 6.19. The molecule has 0 amide bonds. The standard InChI is InChI=1S/C14H6Cl2N2O/c15-8-3-4-9(11(16)6-8)13-10-2-1-5-18-14(10)19-12(13)7-17/h1-6H. The molecular weight excluding hydrogens is 283 g/mol. The van der Waals surface area contributed by atoms with Crippen LogP contribution in [0.1, 0.15) is 5.76 Å². The zero-order valence-corrected chi connectivity index (χ0v) is 11.0. The molecule has 0 fully saturated rings. The van der Waals surface area contributed by atoms with Crippen LogP contribution in [0.3, 0.4) is 0 Å². The third kappa shape index (κ3) is 1.95. The number of hydrogen-bond acceptors (Lipinski definition) is 3.